The Morgan fingerprint density at radius 3 is 2.38 bits per heavy atom. The van der Waals surface area contributed by atoms with E-state index in [4.69, 9.17) is 10.2 Å². The van der Waals surface area contributed by atoms with Crippen LogP contribution in [0, 0.1) is 0 Å². The summed E-state index contributed by atoms with van der Waals surface area (Å²) in [7, 11) is 0. The van der Waals surface area contributed by atoms with Gasteiger partial charge in [-0.25, -0.2) is 4.79 Å². The molecule has 0 bridgehead atoms. The number of hydrogen-bond donors (Lipinski definition) is 2. The number of aliphatic hydroxyl groups is 1. The minimum Gasteiger partial charge on any atom is -0.479 e. The molecule has 0 aliphatic rings. The molecule has 0 aromatic carbocycles. The Hall–Kier alpha value is -0.830. The van der Waals surface area contributed by atoms with Crippen LogP contribution in [0.4, 0.5) is 0 Å². The third-order valence-electron chi connectivity index (χ3n) is 0.628. The van der Waals surface area contributed by atoms with Crippen molar-refractivity contribution in [3.8, 4) is 0 Å². The number of carboxylic acids is 1. The number of aliphatic carboxylic acids is 1. The third kappa shape index (κ3) is 2.36. The summed E-state index contributed by atoms with van der Waals surface area (Å²) >= 11 is 0. The highest BCUT2D eigenvalue weighted by molar-refractivity contribution is 5.74. The zero-order chi connectivity index (χ0) is 6.57. The summed E-state index contributed by atoms with van der Waals surface area (Å²) in [6, 6.07) is 0. The second-order valence-electron chi connectivity index (χ2n) is 1.31. The van der Waals surface area contributed by atoms with E-state index in [-0.39, 0.29) is 0 Å². The molecule has 3 nitrogen and oxygen atoms in total. The molecule has 0 heterocycles. The van der Waals surface area contributed by atoms with E-state index in [1.54, 1.807) is 6.92 Å². The van der Waals surface area contributed by atoms with Crippen LogP contribution in [-0.4, -0.2) is 22.3 Å². The van der Waals surface area contributed by atoms with Crippen molar-refractivity contribution in [3.05, 3.63) is 12.2 Å². The topological polar surface area (TPSA) is 57.5 Å². The molecule has 1 atom stereocenters. The van der Waals surface area contributed by atoms with Crippen molar-refractivity contribution in [2.75, 3.05) is 0 Å². The first-order valence-corrected chi connectivity index (χ1v) is 2.22. The Morgan fingerprint density at radius 2 is 2.25 bits per heavy atom. The number of aliphatic hydroxyl groups excluding tert-OH is 1. The van der Waals surface area contributed by atoms with Crippen molar-refractivity contribution >= 4 is 5.97 Å². The van der Waals surface area contributed by atoms with Crippen LogP contribution >= 0.6 is 0 Å². The van der Waals surface area contributed by atoms with E-state index in [2.05, 4.69) is 0 Å². The molecule has 2 N–H and O–H groups in total. The lowest BCUT2D eigenvalue weighted by Gasteiger charge is -1.93. The molecule has 0 aromatic rings. The van der Waals surface area contributed by atoms with Crippen LogP contribution in [0.1, 0.15) is 6.92 Å². The Bertz CT molecular complexity index is 106. The Morgan fingerprint density at radius 1 is 1.75 bits per heavy atom. The van der Waals surface area contributed by atoms with Gasteiger partial charge in [-0.2, -0.15) is 0 Å². The molecule has 8 heavy (non-hydrogen) atoms. The van der Waals surface area contributed by atoms with Crippen molar-refractivity contribution in [3.63, 3.8) is 0 Å². The molecule has 0 saturated heterocycles. The van der Waals surface area contributed by atoms with Gasteiger partial charge in [0.25, 0.3) is 0 Å². The van der Waals surface area contributed by atoms with Crippen LogP contribution in [-0.2, 0) is 4.79 Å². The Balaban J connectivity index is 3.64. The third-order valence-corrected chi connectivity index (χ3v) is 0.628. The first-order valence-electron chi connectivity index (χ1n) is 2.22. The number of hydrogen-bond acceptors (Lipinski definition) is 2. The van der Waals surface area contributed by atoms with Crippen LogP contribution in [0.2, 0.25) is 0 Å². The highest BCUT2D eigenvalue weighted by Gasteiger charge is 2.05. The van der Waals surface area contributed by atoms with Crippen molar-refractivity contribution < 1.29 is 15.0 Å². The monoisotopic (exact) mass is 116 g/mol. The van der Waals surface area contributed by atoms with Gasteiger partial charge in [-0.3, -0.25) is 0 Å². The molecule has 46 valence electrons. The normalized spacial score (nSPS) is 14.2. The highest BCUT2D eigenvalue weighted by atomic mass is 16.4. The van der Waals surface area contributed by atoms with Crippen LogP contribution < -0.4 is 0 Å². The summed E-state index contributed by atoms with van der Waals surface area (Å²) in [5.41, 5.74) is 0. The van der Waals surface area contributed by atoms with Crippen LogP contribution in [0.15, 0.2) is 12.2 Å². The van der Waals surface area contributed by atoms with Gasteiger partial charge >= 0.3 is 5.97 Å². The van der Waals surface area contributed by atoms with E-state index in [1.807, 2.05) is 0 Å². The molecular formula is C5H8O3. The van der Waals surface area contributed by atoms with Gasteiger partial charge in [0.2, 0.25) is 0 Å². The molecule has 0 spiro atoms. The van der Waals surface area contributed by atoms with Crippen LogP contribution in [0.25, 0.3) is 0 Å². The maximum Gasteiger partial charge on any atom is 0.336 e. The zero-order valence-corrected chi connectivity index (χ0v) is 4.53. The fraction of sp³-hybridized carbons (Fsp3) is 0.400. The van der Waals surface area contributed by atoms with E-state index >= 15 is 0 Å². The molecule has 0 rings (SSSR count). The largest absolute Gasteiger partial charge is 0.479 e. The molecule has 0 saturated carbocycles. The second-order valence-corrected chi connectivity index (χ2v) is 1.31. The summed E-state index contributed by atoms with van der Waals surface area (Å²) in [5, 5.41) is 16.5. The molecule has 0 aromatic heterocycles. The lowest BCUT2D eigenvalue weighted by molar-refractivity contribution is -0.144. The predicted octanol–water partition coefficient (Wildman–Crippen LogP) is 0.00800. The quantitative estimate of drug-likeness (QED) is 0.499. The van der Waals surface area contributed by atoms with Crippen molar-refractivity contribution in [1.29, 1.82) is 0 Å². The lowest BCUT2D eigenvalue weighted by atomic mass is 10.3. The van der Waals surface area contributed by atoms with Gasteiger partial charge in [0.15, 0.2) is 6.10 Å². The average molecular weight is 116 g/mol. The van der Waals surface area contributed by atoms with E-state index in [0.29, 0.717) is 0 Å². The van der Waals surface area contributed by atoms with Gasteiger partial charge in [0, 0.05) is 0 Å². The fourth-order valence-corrected chi connectivity index (χ4v) is 0.265. The van der Waals surface area contributed by atoms with Crippen LogP contribution in [0.3, 0.4) is 0 Å². The average Bonchev–Trinajstić information content (AvgIpc) is 1.67. The standard InChI is InChI=1S/C5H8O3/c1-2-3-4(6)5(7)8/h2-4,6H,1H3,(H,7,8)/b3-2-/t4-/m1/s1. The fourth-order valence-electron chi connectivity index (χ4n) is 0.265. The molecule has 0 unspecified atom stereocenters. The molecule has 0 aliphatic carbocycles. The Labute approximate surface area is 47.3 Å². The summed E-state index contributed by atoms with van der Waals surface area (Å²) in [5.74, 6) is -1.22. The summed E-state index contributed by atoms with van der Waals surface area (Å²) in [6.07, 6.45) is 1.33. The Kier molecular flexibility index (Phi) is 2.88. The van der Waals surface area contributed by atoms with Crippen molar-refractivity contribution in [2.45, 2.75) is 13.0 Å². The predicted molar refractivity (Wildman–Crippen MR) is 28.5 cm³/mol. The SMILES string of the molecule is C/C=C\[C@@H](O)C(=O)O. The highest BCUT2D eigenvalue weighted by Crippen LogP contribution is 1.83. The first-order chi connectivity index (χ1) is 3.68. The zero-order valence-electron chi connectivity index (χ0n) is 4.53. The number of rotatable bonds is 2. The van der Waals surface area contributed by atoms with Gasteiger partial charge in [-0.15, -0.1) is 0 Å². The summed E-state index contributed by atoms with van der Waals surface area (Å²) in [4.78, 5) is 9.79. The maximum atomic E-state index is 9.79. The first kappa shape index (κ1) is 7.17. The molecule has 0 amide bonds. The van der Waals surface area contributed by atoms with E-state index in [0.717, 1.165) is 0 Å². The van der Waals surface area contributed by atoms with Gasteiger partial charge in [-0.1, -0.05) is 6.08 Å². The molecule has 0 radical (unpaired) electrons. The minimum atomic E-state index is -1.35. The molecule has 3 heteroatoms. The second kappa shape index (κ2) is 3.21. The van der Waals surface area contributed by atoms with E-state index < -0.39 is 12.1 Å². The lowest BCUT2D eigenvalue weighted by Crippen LogP contribution is -2.15. The molecule has 0 aliphatic heterocycles. The van der Waals surface area contributed by atoms with Gasteiger partial charge in [-0.05, 0) is 13.0 Å². The molecule has 0 fully saturated rings. The van der Waals surface area contributed by atoms with E-state index in [9.17, 15) is 4.79 Å². The minimum absolute atomic E-state index is 1.20. The van der Waals surface area contributed by atoms with Crippen molar-refractivity contribution in [2.24, 2.45) is 0 Å². The summed E-state index contributed by atoms with van der Waals surface area (Å²) < 4.78 is 0. The van der Waals surface area contributed by atoms with Gasteiger partial charge in [0.1, 0.15) is 0 Å². The smallest absolute Gasteiger partial charge is 0.336 e. The summed E-state index contributed by atoms with van der Waals surface area (Å²) in [6.45, 7) is 1.64. The number of carbonyl (C=O) groups is 1. The number of allylic oxidation sites excluding steroid dienone is 1. The van der Waals surface area contributed by atoms with Crippen LogP contribution in [0.5, 0.6) is 0 Å². The van der Waals surface area contributed by atoms with Gasteiger partial charge < -0.3 is 10.2 Å². The van der Waals surface area contributed by atoms with Crippen molar-refractivity contribution in [1.82, 2.24) is 0 Å². The van der Waals surface area contributed by atoms with E-state index in [1.165, 1.54) is 12.2 Å². The maximum absolute atomic E-state index is 9.79. The van der Waals surface area contributed by atoms with Gasteiger partial charge in [0.05, 0.1) is 0 Å². The molecular weight excluding hydrogens is 108 g/mol. The number of carboxylic acid groups (broad SMARTS) is 1.